The second kappa shape index (κ2) is 9.56. The quantitative estimate of drug-likeness (QED) is 0.675. The molecule has 1 aliphatic carbocycles. The highest BCUT2D eigenvalue weighted by Gasteiger charge is 2.43. The van der Waals surface area contributed by atoms with E-state index in [4.69, 9.17) is 0 Å². The summed E-state index contributed by atoms with van der Waals surface area (Å²) in [5, 5.41) is 12.8. The SMILES string of the molecule is CC(C)C[C@@H](C(=O)NC(C(=O)N(C)C)C(C)(C)C)[C@@H](C(=O)O)C1CCCC1. The summed E-state index contributed by atoms with van der Waals surface area (Å²) in [6.45, 7) is 9.72. The summed E-state index contributed by atoms with van der Waals surface area (Å²) in [5.74, 6) is -2.45. The third-order valence-electron chi connectivity index (χ3n) is 5.53. The van der Waals surface area contributed by atoms with Crippen molar-refractivity contribution >= 4 is 17.8 Å². The molecule has 27 heavy (non-hydrogen) atoms. The van der Waals surface area contributed by atoms with Gasteiger partial charge < -0.3 is 15.3 Å². The van der Waals surface area contributed by atoms with Crippen LogP contribution in [0.1, 0.15) is 66.7 Å². The molecule has 2 N–H and O–H groups in total. The average Bonchev–Trinajstić information content (AvgIpc) is 3.03. The Hall–Kier alpha value is -1.59. The van der Waals surface area contributed by atoms with Crippen molar-refractivity contribution in [2.45, 2.75) is 72.8 Å². The van der Waals surface area contributed by atoms with Crippen molar-refractivity contribution < 1.29 is 19.5 Å². The molecular weight excluding hydrogens is 344 g/mol. The van der Waals surface area contributed by atoms with Crippen LogP contribution in [-0.4, -0.2) is 47.9 Å². The van der Waals surface area contributed by atoms with Crippen LogP contribution < -0.4 is 5.32 Å². The van der Waals surface area contributed by atoms with Crippen molar-refractivity contribution in [1.29, 1.82) is 0 Å². The van der Waals surface area contributed by atoms with Crippen LogP contribution in [0.2, 0.25) is 0 Å². The van der Waals surface area contributed by atoms with E-state index in [0.29, 0.717) is 6.42 Å². The standard InChI is InChI=1S/C21H38N2O4/c1-13(2)12-15(16(20(26)27)14-10-8-9-11-14)18(24)22-17(21(3,4)5)19(25)23(6)7/h13-17H,8-12H2,1-7H3,(H,22,24)(H,26,27)/t15-,16+,17?/m1/s1. The Labute approximate surface area is 164 Å². The maximum Gasteiger partial charge on any atom is 0.307 e. The lowest BCUT2D eigenvalue weighted by Gasteiger charge is -2.35. The number of hydrogen-bond donors (Lipinski definition) is 2. The maximum absolute atomic E-state index is 13.2. The molecule has 0 aromatic carbocycles. The van der Waals surface area contributed by atoms with E-state index >= 15 is 0 Å². The Bertz CT molecular complexity index is 531. The molecule has 1 unspecified atom stereocenters. The zero-order valence-electron chi connectivity index (χ0n) is 18.0. The third kappa shape index (κ3) is 6.51. The predicted molar refractivity (Wildman–Crippen MR) is 106 cm³/mol. The van der Waals surface area contributed by atoms with Gasteiger partial charge in [0.05, 0.1) is 11.8 Å². The topological polar surface area (TPSA) is 86.7 Å². The Kier molecular flexibility index (Phi) is 8.30. The first-order valence-corrected chi connectivity index (χ1v) is 10.1. The second-order valence-corrected chi connectivity index (χ2v) is 9.68. The van der Waals surface area contributed by atoms with E-state index in [1.807, 2.05) is 34.6 Å². The molecule has 0 heterocycles. The summed E-state index contributed by atoms with van der Waals surface area (Å²) >= 11 is 0. The summed E-state index contributed by atoms with van der Waals surface area (Å²) < 4.78 is 0. The van der Waals surface area contributed by atoms with E-state index in [1.54, 1.807) is 14.1 Å². The summed E-state index contributed by atoms with van der Waals surface area (Å²) in [5.41, 5.74) is -0.467. The van der Waals surface area contributed by atoms with Crippen molar-refractivity contribution in [3.8, 4) is 0 Å². The maximum atomic E-state index is 13.2. The normalized spacial score (nSPS) is 18.8. The van der Waals surface area contributed by atoms with Gasteiger partial charge in [0.15, 0.2) is 0 Å². The van der Waals surface area contributed by atoms with Crippen LogP contribution in [-0.2, 0) is 14.4 Å². The number of aliphatic carboxylic acids is 1. The molecular formula is C21H38N2O4. The van der Waals surface area contributed by atoms with Crippen LogP contribution in [0.15, 0.2) is 0 Å². The van der Waals surface area contributed by atoms with Gasteiger partial charge in [0, 0.05) is 14.1 Å². The number of rotatable bonds is 8. The number of amides is 2. The van der Waals surface area contributed by atoms with Crippen LogP contribution in [0.4, 0.5) is 0 Å². The molecule has 1 saturated carbocycles. The molecule has 6 nitrogen and oxygen atoms in total. The molecule has 0 radical (unpaired) electrons. The lowest BCUT2D eigenvalue weighted by Crippen LogP contribution is -2.55. The van der Waals surface area contributed by atoms with Crippen LogP contribution in [0.3, 0.4) is 0 Å². The van der Waals surface area contributed by atoms with E-state index < -0.39 is 29.3 Å². The lowest BCUT2D eigenvalue weighted by atomic mass is 9.75. The number of hydrogen-bond acceptors (Lipinski definition) is 3. The molecule has 0 aromatic rings. The molecule has 156 valence electrons. The number of carboxylic acids is 1. The van der Waals surface area contributed by atoms with Gasteiger partial charge in [-0.05, 0) is 36.5 Å². The number of nitrogens with zero attached hydrogens (tertiary/aromatic N) is 1. The van der Waals surface area contributed by atoms with Crippen molar-refractivity contribution in [3.63, 3.8) is 0 Å². The first-order valence-electron chi connectivity index (χ1n) is 10.1. The molecule has 6 heteroatoms. The molecule has 0 saturated heterocycles. The summed E-state index contributed by atoms with van der Waals surface area (Å²) in [4.78, 5) is 39.4. The Balaban J connectivity index is 3.14. The predicted octanol–water partition coefficient (Wildman–Crippen LogP) is 3.16. The minimum Gasteiger partial charge on any atom is -0.481 e. The van der Waals surface area contributed by atoms with Gasteiger partial charge >= 0.3 is 5.97 Å². The summed E-state index contributed by atoms with van der Waals surface area (Å²) in [6, 6.07) is -0.687. The summed E-state index contributed by atoms with van der Waals surface area (Å²) in [6.07, 6.45) is 4.27. The Morgan fingerprint density at radius 2 is 1.63 bits per heavy atom. The first kappa shape index (κ1) is 23.4. The average molecular weight is 383 g/mol. The number of carboxylic acid groups (broad SMARTS) is 1. The van der Waals surface area contributed by atoms with Crippen molar-refractivity contribution in [1.82, 2.24) is 10.2 Å². The Morgan fingerprint density at radius 3 is 2.00 bits per heavy atom. The number of carbonyl (C=O) groups excluding carboxylic acids is 2. The van der Waals surface area contributed by atoms with Gasteiger partial charge in [-0.15, -0.1) is 0 Å². The zero-order chi connectivity index (χ0) is 20.9. The van der Waals surface area contributed by atoms with E-state index in [-0.39, 0.29) is 23.7 Å². The van der Waals surface area contributed by atoms with E-state index in [2.05, 4.69) is 5.32 Å². The van der Waals surface area contributed by atoms with Crippen molar-refractivity contribution in [2.75, 3.05) is 14.1 Å². The second-order valence-electron chi connectivity index (χ2n) is 9.68. The van der Waals surface area contributed by atoms with Gasteiger partial charge in [0.25, 0.3) is 0 Å². The van der Waals surface area contributed by atoms with E-state index in [0.717, 1.165) is 25.7 Å². The smallest absolute Gasteiger partial charge is 0.307 e. The summed E-state index contributed by atoms with van der Waals surface area (Å²) in [7, 11) is 3.33. The van der Waals surface area contributed by atoms with E-state index in [9.17, 15) is 19.5 Å². The molecule has 0 spiro atoms. The van der Waals surface area contributed by atoms with Gasteiger partial charge in [-0.2, -0.15) is 0 Å². The molecule has 3 atom stereocenters. The van der Waals surface area contributed by atoms with Gasteiger partial charge in [-0.25, -0.2) is 0 Å². The zero-order valence-corrected chi connectivity index (χ0v) is 18.0. The van der Waals surface area contributed by atoms with Crippen LogP contribution in [0, 0.1) is 29.1 Å². The molecule has 1 aliphatic rings. The van der Waals surface area contributed by atoms with Crippen LogP contribution >= 0.6 is 0 Å². The fraction of sp³-hybridized carbons (Fsp3) is 0.857. The molecule has 0 aliphatic heterocycles. The van der Waals surface area contributed by atoms with Crippen molar-refractivity contribution in [3.05, 3.63) is 0 Å². The highest BCUT2D eigenvalue weighted by Crippen LogP contribution is 2.38. The minimum atomic E-state index is -0.894. The monoisotopic (exact) mass is 382 g/mol. The minimum absolute atomic E-state index is 0.0367. The highest BCUT2D eigenvalue weighted by molar-refractivity contribution is 5.90. The van der Waals surface area contributed by atoms with Gasteiger partial charge in [0.2, 0.25) is 11.8 Å². The highest BCUT2D eigenvalue weighted by atomic mass is 16.4. The molecule has 1 rings (SSSR count). The van der Waals surface area contributed by atoms with Gasteiger partial charge in [-0.3, -0.25) is 14.4 Å². The van der Waals surface area contributed by atoms with Gasteiger partial charge in [-0.1, -0.05) is 47.5 Å². The first-order chi connectivity index (χ1) is 12.4. The fourth-order valence-electron chi connectivity index (χ4n) is 4.10. The van der Waals surface area contributed by atoms with Gasteiger partial charge in [0.1, 0.15) is 6.04 Å². The van der Waals surface area contributed by atoms with Crippen molar-refractivity contribution in [2.24, 2.45) is 29.1 Å². The number of nitrogens with one attached hydrogen (secondary N) is 1. The lowest BCUT2D eigenvalue weighted by molar-refractivity contribution is -0.151. The molecule has 0 bridgehead atoms. The molecule has 0 aromatic heterocycles. The van der Waals surface area contributed by atoms with Crippen LogP contribution in [0.5, 0.6) is 0 Å². The largest absolute Gasteiger partial charge is 0.481 e. The Morgan fingerprint density at radius 1 is 1.11 bits per heavy atom. The third-order valence-corrected chi connectivity index (χ3v) is 5.53. The van der Waals surface area contributed by atoms with Crippen LogP contribution in [0.25, 0.3) is 0 Å². The molecule has 1 fully saturated rings. The number of carbonyl (C=O) groups is 3. The number of likely N-dealkylation sites (N-methyl/N-ethyl adjacent to an activating group) is 1. The molecule has 2 amide bonds. The van der Waals surface area contributed by atoms with E-state index in [1.165, 1.54) is 4.90 Å². The fourth-order valence-corrected chi connectivity index (χ4v) is 4.10.